The van der Waals surface area contributed by atoms with Crippen molar-refractivity contribution >= 4 is 40.0 Å². The van der Waals surface area contributed by atoms with Crippen LogP contribution in [-0.4, -0.2) is 50.8 Å². The van der Waals surface area contributed by atoms with Gasteiger partial charge in [0.15, 0.2) is 11.5 Å². The number of benzene rings is 3. The molecule has 1 atom stereocenters. The van der Waals surface area contributed by atoms with Gasteiger partial charge in [0.05, 0.1) is 46.7 Å². The zero-order valence-electron chi connectivity index (χ0n) is 26.4. The van der Waals surface area contributed by atoms with Crippen molar-refractivity contribution in [3.8, 4) is 28.5 Å². The topological polar surface area (TPSA) is 128 Å². The summed E-state index contributed by atoms with van der Waals surface area (Å²) in [5.74, 6) is -0.784. The molecule has 1 fully saturated rings. The van der Waals surface area contributed by atoms with E-state index in [0.717, 1.165) is 18.2 Å². The Bertz CT molecular complexity index is 2120. The van der Waals surface area contributed by atoms with Gasteiger partial charge in [0.25, 0.3) is 5.91 Å². The summed E-state index contributed by atoms with van der Waals surface area (Å²) in [5.41, 5.74) is -2.14. The van der Waals surface area contributed by atoms with E-state index in [4.69, 9.17) is 27.9 Å². The van der Waals surface area contributed by atoms with Gasteiger partial charge < -0.3 is 29.7 Å². The average Bonchev–Trinajstić information content (AvgIpc) is 3.74. The number of methoxy groups -OCH3 is 1. The molecule has 3 aromatic carbocycles. The van der Waals surface area contributed by atoms with Crippen LogP contribution in [0.4, 0.5) is 8.78 Å². The molecule has 2 aliphatic rings. The smallest absolute Gasteiger partial charge is 0.494 e. The lowest BCUT2D eigenvalue weighted by molar-refractivity contribution is -0.286. The monoisotopic (exact) mass is 710 g/mol. The summed E-state index contributed by atoms with van der Waals surface area (Å²) >= 11 is 13.4. The number of nitrogens with one attached hydrogen (secondary N) is 1. The summed E-state index contributed by atoms with van der Waals surface area (Å²) in [6.45, 7) is 2.60. The minimum atomic E-state index is -3.93. The summed E-state index contributed by atoms with van der Waals surface area (Å²) in [6, 6.07) is 16.1. The number of ether oxygens (including phenoxy) is 3. The van der Waals surface area contributed by atoms with Crippen LogP contribution in [0.25, 0.3) is 22.2 Å². The van der Waals surface area contributed by atoms with Crippen molar-refractivity contribution in [3.05, 3.63) is 99.3 Å². The van der Waals surface area contributed by atoms with E-state index in [0.29, 0.717) is 22.9 Å². The Hall–Kier alpha value is -4.49. The highest BCUT2D eigenvalue weighted by Crippen LogP contribution is 2.51. The molecule has 1 aliphatic carbocycles. The lowest BCUT2D eigenvalue weighted by atomic mass is 9.86. The Kier molecular flexibility index (Phi) is 7.98. The van der Waals surface area contributed by atoms with Crippen molar-refractivity contribution in [2.45, 2.75) is 50.2 Å². The number of hydrogen-bond donors (Lipinski definition) is 3. The first-order valence-electron chi connectivity index (χ1n) is 15.3. The summed E-state index contributed by atoms with van der Waals surface area (Å²) < 4.78 is 44.5. The number of hydrogen-bond acceptors (Lipinski definition) is 8. The number of fused-ring (bicyclic) bond motifs is 2. The number of carbonyl (C=O) groups is 1. The molecule has 7 rings (SSSR count). The van der Waals surface area contributed by atoms with E-state index in [1.165, 1.54) is 39.2 Å². The van der Waals surface area contributed by atoms with Crippen molar-refractivity contribution in [2.24, 2.45) is 0 Å². The molecule has 0 radical (unpaired) electrons. The first-order valence-corrected chi connectivity index (χ1v) is 16.1. The Balaban J connectivity index is 1.31. The number of carbonyl (C=O) groups excluding carboxylic acids is 1. The van der Waals surface area contributed by atoms with E-state index in [1.54, 1.807) is 42.5 Å². The molecule has 3 heterocycles. The maximum atomic E-state index is 13.9. The Morgan fingerprint density at radius 1 is 1.08 bits per heavy atom. The Morgan fingerprint density at radius 3 is 2.49 bits per heavy atom. The van der Waals surface area contributed by atoms with Crippen molar-refractivity contribution < 1.29 is 38.0 Å². The van der Waals surface area contributed by atoms with Crippen LogP contribution in [0.5, 0.6) is 17.2 Å². The average molecular weight is 712 g/mol. The van der Waals surface area contributed by atoms with E-state index in [1.807, 2.05) is 10.9 Å². The van der Waals surface area contributed by atoms with Gasteiger partial charge in [-0.15, -0.1) is 8.78 Å². The van der Waals surface area contributed by atoms with Gasteiger partial charge in [-0.05, 0) is 62.6 Å². The van der Waals surface area contributed by atoms with Crippen LogP contribution < -0.4 is 19.5 Å². The molecule has 5 aromatic rings. The standard InChI is InChI=1S/C35H30Cl2F2N4O6/c1-33(2,45)23-15-26(41-30(28(23)37)22-11-12-24-31(27(22)36)49-35(38,39)48-24)34(46,20-7-5-4-6-8-20)17-40-32(44)18-13-19-16-43(21-9-10-21)42-29(19)25(14-18)47-3/h4-8,11-16,21,45-46H,9-10,17H2,1-3H3,(H,40,44)/t34-/m1/s1. The number of alkyl halides is 2. The quantitative estimate of drug-likeness (QED) is 0.150. The van der Waals surface area contributed by atoms with Gasteiger partial charge >= 0.3 is 6.29 Å². The summed E-state index contributed by atoms with van der Waals surface area (Å²) in [7, 11) is 1.50. The first kappa shape index (κ1) is 33.0. The van der Waals surface area contributed by atoms with E-state index in [9.17, 15) is 23.8 Å². The van der Waals surface area contributed by atoms with Crippen LogP contribution in [0, 0.1) is 0 Å². The molecule has 1 saturated carbocycles. The van der Waals surface area contributed by atoms with Crippen LogP contribution in [0.3, 0.4) is 0 Å². The Labute approximate surface area is 289 Å². The molecule has 2 aromatic heterocycles. The predicted molar refractivity (Wildman–Crippen MR) is 177 cm³/mol. The third kappa shape index (κ3) is 6.03. The van der Waals surface area contributed by atoms with Crippen LogP contribution >= 0.6 is 23.2 Å². The maximum Gasteiger partial charge on any atom is 0.586 e. The Morgan fingerprint density at radius 2 is 1.82 bits per heavy atom. The molecule has 0 bridgehead atoms. The summed E-state index contributed by atoms with van der Waals surface area (Å²) in [4.78, 5) is 18.4. The predicted octanol–water partition coefficient (Wildman–Crippen LogP) is 6.96. The molecule has 0 unspecified atom stereocenters. The number of rotatable bonds is 9. The number of pyridine rings is 1. The van der Waals surface area contributed by atoms with Crippen LogP contribution in [0.1, 0.15) is 59.9 Å². The number of aliphatic hydroxyl groups is 2. The van der Waals surface area contributed by atoms with Gasteiger partial charge in [-0.1, -0.05) is 53.5 Å². The van der Waals surface area contributed by atoms with Gasteiger partial charge in [-0.3, -0.25) is 9.48 Å². The molecular formula is C35H30Cl2F2N4O6. The first-order chi connectivity index (χ1) is 23.2. The summed E-state index contributed by atoms with van der Waals surface area (Å²) in [5, 5.41) is 31.6. The fourth-order valence-electron chi connectivity index (χ4n) is 5.83. The molecule has 49 heavy (non-hydrogen) atoms. The van der Waals surface area contributed by atoms with Gasteiger partial charge in [-0.2, -0.15) is 5.10 Å². The number of halogens is 4. The lowest BCUT2D eigenvalue weighted by Crippen LogP contribution is -2.42. The molecule has 254 valence electrons. The lowest BCUT2D eigenvalue weighted by Gasteiger charge is -2.31. The fraction of sp³-hybridized carbons (Fsp3) is 0.286. The molecule has 3 N–H and O–H groups in total. The minimum Gasteiger partial charge on any atom is -0.494 e. The van der Waals surface area contributed by atoms with Gasteiger partial charge in [0, 0.05) is 28.3 Å². The second-order valence-corrected chi connectivity index (χ2v) is 13.3. The molecule has 1 amide bonds. The van der Waals surface area contributed by atoms with Gasteiger partial charge in [0.1, 0.15) is 16.9 Å². The molecule has 1 aliphatic heterocycles. The van der Waals surface area contributed by atoms with Crippen molar-refractivity contribution in [2.75, 3.05) is 13.7 Å². The van der Waals surface area contributed by atoms with E-state index < -0.39 is 29.2 Å². The van der Waals surface area contributed by atoms with E-state index in [2.05, 4.69) is 24.9 Å². The third-order valence-electron chi connectivity index (χ3n) is 8.56. The van der Waals surface area contributed by atoms with E-state index in [-0.39, 0.29) is 50.4 Å². The van der Waals surface area contributed by atoms with Crippen molar-refractivity contribution in [1.82, 2.24) is 20.1 Å². The van der Waals surface area contributed by atoms with Crippen molar-refractivity contribution in [3.63, 3.8) is 0 Å². The molecule has 14 heteroatoms. The zero-order valence-corrected chi connectivity index (χ0v) is 27.9. The second-order valence-electron chi connectivity index (χ2n) is 12.6. The number of nitrogens with zero attached hydrogens (tertiary/aromatic N) is 3. The van der Waals surface area contributed by atoms with Gasteiger partial charge in [-0.25, -0.2) is 4.98 Å². The van der Waals surface area contributed by atoms with Crippen molar-refractivity contribution in [1.29, 1.82) is 0 Å². The molecule has 0 spiro atoms. The molecule has 10 nitrogen and oxygen atoms in total. The van der Waals surface area contributed by atoms with Crippen LogP contribution in [0.2, 0.25) is 10.0 Å². The highest BCUT2D eigenvalue weighted by atomic mass is 35.5. The van der Waals surface area contributed by atoms with Gasteiger partial charge in [0.2, 0.25) is 0 Å². The van der Waals surface area contributed by atoms with E-state index >= 15 is 0 Å². The molecule has 0 saturated heterocycles. The highest BCUT2D eigenvalue weighted by Gasteiger charge is 2.45. The SMILES string of the molecule is COc1cc(C(=O)NC[C@@](O)(c2ccccc2)c2cc(C(C)(C)O)c(Cl)c(-c3ccc4c(c3Cl)OC(F)(F)O4)n2)cc2cn(C3CC3)nc12. The third-order valence-corrected chi connectivity index (χ3v) is 9.31. The zero-order chi connectivity index (χ0) is 34.9. The normalized spacial score (nSPS) is 16.4. The highest BCUT2D eigenvalue weighted by molar-refractivity contribution is 6.37. The maximum absolute atomic E-state index is 13.9. The fourth-order valence-corrected chi connectivity index (χ4v) is 6.54. The largest absolute Gasteiger partial charge is 0.586 e. The minimum absolute atomic E-state index is 0.0201. The summed E-state index contributed by atoms with van der Waals surface area (Å²) in [6.07, 6.45) is 0.0224. The molecular weight excluding hydrogens is 681 g/mol. The number of amides is 1. The second kappa shape index (κ2) is 11.8. The van der Waals surface area contributed by atoms with Crippen LogP contribution in [0.15, 0.2) is 66.9 Å². The number of aromatic nitrogens is 3. The van der Waals surface area contributed by atoms with Crippen LogP contribution in [-0.2, 0) is 11.2 Å².